The number of hydrogen-bond donors (Lipinski definition) is 1. The molecule has 1 saturated carbocycles. The van der Waals surface area contributed by atoms with Gasteiger partial charge in [-0.2, -0.15) is 0 Å². The monoisotopic (exact) mass is 267 g/mol. The maximum Gasteiger partial charge on any atom is 0.162 e. The van der Waals surface area contributed by atoms with E-state index in [1.165, 1.54) is 5.56 Å². The van der Waals surface area contributed by atoms with Gasteiger partial charge in [-0.3, -0.25) is 4.79 Å². The fraction of sp³-hybridized carbons (Fsp3) is 0.389. The molecule has 0 bridgehead atoms. The molecule has 1 aliphatic heterocycles. The Balaban J connectivity index is 1.75. The van der Waals surface area contributed by atoms with Crippen LogP contribution in [0.2, 0.25) is 0 Å². The summed E-state index contributed by atoms with van der Waals surface area (Å²) >= 11 is 0. The van der Waals surface area contributed by atoms with Gasteiger partial charge >= 0.3 is 0 Å². The molecular formula is C18H21NO. The van der Waals surface area contributed by atoms with Gasteiger partial charge in [0, 0.05) is 6.42 Å². The molecule has 1 spiro atoms. The van der Waals surface area contributed by atoms with Crippen molar-refractivity contribution in [2.24, 2.45) is 5.92 Å². The molecule has 1 aliphatic carbocycles. The summed E-state index contributed by atoms with van der Waals surface area (Å²) in [6, 6.07) is 10.5. The van der Waals surface area contributed by atoms with Crippen molar-refractivity contribution >= 4 is 5.78 Å². The molecule has 1 aromatic carbocycles. The molecule has 2 aliphatic rings. The summed E-state index contributed by atoms with van der Waals surface area (Å²) in [6.45, 7) is 0. The molecule has 2 nitrogen and oxygen atoms in total. The van der Waals surface area contributed by atoms with Crippen LogP contribution in [0.25, 0.3) is 0 Å². The Morgan fingerprint density at radius 2 is 2.05 bits per heavy atom. The van der Waals surface area contributed by atoms with E-state index < -0.39 is 5.54 Å². The third-order valence-electron chi connectivity index (χ3n) is 4.57. The third-order valence-corrected chi connectivity index (χ3v) is 4.57. The van der Waals surface area contributed by atoms with E-state index in [1.807, 2.05) is 24.4 Å². The molecule has 1 fully saturated rings. The van der Waals surface area contributed by atoms with Crippen molar-refractivity contribution in [1.29, 1.82) is 0 Å². The Hall–Kier alpha value is -1.83. The molecule has 2 unspecified atom stereocenters. The van der Waals surface area contributed by atoms with E-state index in [-0.39, 0.29) is 0 Å². The minimum absolute atomic E-state index is 0.349. The first kappa shape index (κ1) is 13.2. The summed E-state index contributed by atoms with van der Waals surface area (Å²) in [5.41, 5.74) is 0.915. The van der Waals surface area contributed by atoms with Gasteiger partial charge in [-0.25, -0.2) is 0 Å². The molecule has 104 valence electrons. The minimum atomic E-state index is -0.443. The van der Waals surface area contributed by atoms with Crippen molar-refractivity contribution < 1.29 is 4.79 Å². The zero-order valence-corrected chi connectivity index (χ0v) is 11.7. The van der Waals surface area contributed by atoms with E-state index in [4.69, 9.17) is 0 Å². The summed E-state index contributed by atoms with van der Waals surface area (Å²) in [6.07, 6.45) is 12.9. The molecule has 0 aromatic heterocycles. The van der Waals surface area contributed by atoms with Crippen molar-refractivity contribution in [1.82, 2.24) is 5.32 Å². The first-order valence-corrected chi connectivity index (χ1v) is 7.50. The standard InChI is InChI=1S/C18H21NO/c20-17-10-6-9-16(18(17)13-4-5-14-19-18)12-11-15-7-2-1-3-8-15/h1-5,7-8,13-14,16,19H,6,9-12H2. The first-order valence-electron chi connectivity index (χ1n) is 7.50. The van der Waals surface area contributed by atoms with Gasteiger partial charge in [0.25, 0.3) is 0 Å². The van der Waals surface area contributed by atoms with Gasteiger partial charge in [0.1, 0.15) is 5.54 Å². The summed E-state index contributed by atoms with van der Waals surface area (Å²) in [7, 11) is 0. The molecule has 1 N–H and O–H groups in total. The molecular weight excluding hydrogens is 246 g/mol. The second-order valence-corrected chi connectivity index (χ2v) is 5.77. The van der Waals surface area contributed by atoms with Crippen molar-refractivity contribution in [2.45, 2.75) is 37.6 Å². The Labute approximate surface area is 120 Å². The number of benzene rings is 1. The van der Waals surface area contributed by atoms with Gasteiger partial charge in [0.15, 0.2) is 5.78 Å². The highest BCUT2D eigenvalue weighted by molar-refractivity contribution is 5.92. The lowest BCUT2D eigenvalue weighted by Gasteiger charge is -2.42. The number of hydrogen-bond acceptors (Lipinski definition) is 2. The topological polar surface area (TPSA) is 29.1 Å². The van der Waals surface area contributed by atoms with Crippen molar-refractivity contribution in [3.63, 3.8) is 0 Å². The van der Waals surface area contributed by atoms with Crippen LogP contribution in [0.3, 0.4) is 0 Å². The van der Waals surface area contributed by atoms with Crippen LogP contribution in [-0.4, -0.2) is 11.3 Å². The lowest BCUT2D eigenvalue weighted by atomic mass is 9.69. The Morgan fingerprint density at radius 3 is 2.80 bits per heavy atom. The normalized spacial score (nSPS) is 28.6. The second kappa shape index (κ2) is 5.66. The predicted molar refractivity (Wildman–Crippen MR) is 81.3 cm³/mol. The summed E-state index contributed by atoms with van der Waals surface area (Å²) in [5, 5.41) is 3.35. The number of dihydropyridines is 1. The van der Waals surface area contributed by atoms with E-state index in [9.17, 15) is 4.79 Å². The summed E-state index contributed by atoms with van der Waals surface area (Å²) in [5.74, 6) is 0.743. The van der Waals surface area contributed by atoms with E-state index in [2.05, 4.69) is 35.7 Å². The number of ketones is 1. The van der Waals surface area contributed by atoms with Gasteiger partial charge in [-0.1, -0.05) is 42.5 Å². The lowest BCUT2D eigenvalue weighted by molar-refractivity contribution is -0.127. The molecule has 0 amide bonds. The molecule has 0 radical (unpaired) electrons. The first-order chi connectivity index (χ1) is 9.81. The second-order valence-electron chi connectivity index (χ2n) is 5.77. The highest BCUT2D eigenvalue weighted by atomic mass is 16.1. The average Bonchev–Trinajstić information content (AvgIpc) is 2.51. The third kappa shape index (κ3) is 2.43. The van der Waals surface area contributed by atoms with Crippen molar-refractivity contribution in [2.75, 3.05) is 0 Å². The largest absolute Gasteiger partial charge is 0.375 e. The van der Waals surface area contributed by atoms with E-state index in [0.29, 0.717) is 18.1 Å². The molecule has 1 heterocycles. The highest BCUT2D eigenvalue weighted by Gasteiger charge is 2.44. The lowest BCUT2D eigenvalue weighted by Crippen LogP contribution is -2.56. The number of carbonyl (C=O) groups excluding carboxylic acids is 1. The SMILES string of the molecule is O=C1CCCC(CCc2ccccc2)C12C=CC=CN2. The molecule has 2 heteroatoms. The van der Waals surface area contributed by atoms with Crippen LogP contribution < -0.4 is 5.32 Å². The fourth-order valence-corrected chi connectivity index (χ4v) is 3.45. The van der Waals surface area contributed by atoms with Crippen LogP contribution in [-0.2, 0) is 11.2 Å². The number of carbonyl (C=O) groups is 1. The van der Waals surface area contributed by atoms with Crippen LogP contribution in [0.15, 0.2) is 54.8 Å². The molecule has 2 atom stereocenters. The van der Waals surface area contributed by atoms with Gasteiger partial charge in [-0.05, 0) is 49.4 Å². The molecule has 3 rings (SSSR count). The van der Waals surface area contributed by atoms with Crippen molar-refractivity contribution in [3.05, 3.63) is 60.3 Å². The van der Waals surface area contributed by atoms with Crippen molar-refractivity contribution in [3.8, 4) is 0 Å². The number of allylic oxidation sites excluding steroid dienone is 2. The molecule has 20 heavy (non-hydrogen) atoms. The highest BCUT2D eigenvalue weighted by Crippen LogP contribution is 2.36. The Bertz CT molecular complexity index is 532. The molecule has 0 saturated heterocycles. The zero-order chi connectivity index (χ0) is 13.8. The summed E-state index contributed by atoms with van der Waals surface area (Å²) < 4.78 is 0. The number of nitrogens with one attached hydrogen (secondary N) is 1. The average molecular weight is 267 g/mol. The van der Waals surface area contributed by atoms with Gasteiger partial charge in [0.05, 0.1) is 0 Å². The fourth-order valence-electron chi connectivity index (χ4n) is 3.45. The summed E-state index contributed by atoms with van der Waals surface area (Å²) in [4.78, 5) is 12.4. The quantitative estimate of drug-likeness (QED) is 0.909. The Morgan fingerprint density at radius 1 is 1.20 bits per heavy atom. The smallest absolute Gasteiger partial charge is 0.162 e. The van der Waals surface area contributed by atoms with E-state index in [0.717, 1.165) is 25.7 Å². The molecule has 1 aromatic rings. The van der Waals surface area contributed by atoms with E-state index in [1.54, 1.807) is 0 Å². The number of aryl methyl sites for hydroxylation is 1. The van der Waals surface area contributed by atoms with Crippen LogP contribution in [0.1, 0.15) is 31.2 Å². The minimum Gasteiger partial charge on any atom is -0.375 e. The van der Waals surface area contributed by atoms with E-state index >= 15 is 0 Å². The van der Waals surface area contributed by atoms with Crippen LogP contribution in [0, 0.1) is 5.92 Å². The van der Waals surface area contributed by atoms with Crippen LogP contribution >= 0.6 is 0 Å². The predicted octanol–water partition coefficient (Wildman–Crippen LogP) is 3.40. The number of Topliss-reactive ketones (excluding diaryl/α,β-unsaturated/α-hetero) is 1. The van der Waals surface area contributed by atoms with Gasteiger partial charge < -0.3 is 5.32 Å². The Kier molecular flexibility index (Phi) is 3.72. The number of rotatable bonds is 3. The maximum atomic E-state index is 12.4. The van der Waals surface area contributed by atoms with Gasteiger partial charge in [-0.15, -0.1) is 0 Å². The van der Waals surface area contributed by atoms with Gasteiger partial charge in [0.2, 0.25) is 0 Å². The maximum absolute atomic E-state index is 12.4. The van der Waals surface area contributed by atoms with Crippen LogP contribution in [0.4, 0.5) is 0 Å². The zero-order valence-electron chi connectivity index (χ0n) is 11.7. The van der Waals surface area contributed by atoms with Crippen LogP contribution in [0.5, 0.6) is 0 Å².